The normalized spacial score (nSPS) is 17.3. The van der Waals surface area contributed by atoms with Crippen molar-refractivity contribution in [3.05, 3.63) is 41.9 Å². The van der Waals surface area contributed by atoms with Crippen molar-refractivity contribution in [3.8, 4) is 0 Å². The standard InChI is InChI=1S/C18H24N6O2/c1-13-10-16(23(3)21-13)24-9-5-7-15(17(24)25)20-18(26)22(2)12-14-6-4-8-19-11-14/h4,6,8,10-11,15H,5,7,9,12H2,1-3H3,(H,20,26). The van der Waals surface area contributed by atoms with Crippen molar-refractivity contribution in [3.63, 3.8) is 0 Å². The first-order valence-electron chi connectivity index (χ1n) is 8.68. The van der Waals surface area contributed by atoms with Gasteiger partial charge < -0.3 is 10.2 Å². The Hall–Kier alpha value is -2.90. The van der Waals surface area contributed by atoms with Gasteiger partial charge in [0.05, 0.1) is 5.69 Å². The lowest BCUT2D eigenvalue weighted by atomic mass is 10.0. The van der Waals surface area contributed by atoms with E-state index in [-0.39, 0.29) is 11.9 Å². The molecule has 2 aromatic rings. The highest BCUT2D eigenvalue weighted by molar-refractivity contribution is 5.99. The van der Waals surface area contributed by atoms with Crippen molar-refractivity contribution in [2.24, 2.45) is 7.05 Å². The molecule has 0 aromatic carbocycles. The summed E-state index contributed by atoms with van der Waals surface area (Å²) in [6.45, 7) is 2.96. The zero-order chi connectivity index (χ0) is 18.7. The Bertz CT molecular complexity index is 788. The molecule has 0 aliphatic carbocycles. The predicted molar refractivity (Wildman–Crippen MR) is 97.6 cm³/mol. The second-order valence-electron chi connectivity index (χ2n) is 6.62. The number of pyridine rings is 1. The molecule has 0 saturated carbocycles. The van der Waals surface area contributed by atoms with Crippen LogP contribution in [0.15, 0.2) is 30.6 Å². The Morgan fingerprint density at radius 1 is 1.46 bits per heavy atom. The van der Waals surface area contributed by atoms with Gasteiger partial charge in [0.15, 0.2) is 0 Å². The van der Waals surface area contributed by atoms with Crippen LogP contribution in [0.2, 0.25) is 0 Å². The molecule has 3 rings (SSSR count). The lowest BCUT2D eigenvalue weighted by Gasteiger charge is -2.33. The highest BCUT2D eigenvalue weighted by atomic mass is 16.2. The van der Waals surface area contributed by atoms with Crippen molar-refractivity contribution >= 4 is 17.8 Å². The highest BCUT2D eigenvalue weighted by Gasteiger charge is 2.32. The van der Waals surface area contributed by atoms with Crippen LogP contribution < -0.4 is 10.2 Å². The number of nitrogens with zero attached hydrogens (tertiary/aromatic N) is 5. The third kappa shape index (κ3) is 3.84. The fraction of sp³-hybridized carbons (Fsp3) is 0.444. The van der Waals surface area contributed by atoms with Crippen LogP contribution in [0, 0.1) is 6.92 Å². The molecule has 0 bridgehead atoms. The molecular weight excluding hydrogens is 332 g/mol. The van der Waals surface area contributed by atoms with E-state index in [2.05, 4.69) is 15.4 Å². The van der Waals surface area contributed by atoms with Gasteiger partial charge >= 0.3 is 6.03 Å². The fourth-order valence-electron chi connectivity index (χ4n) is 3.18. The topological polar surface area (TPSA) is 83.4 Å². The molecule has 3 heterocycles. The molecule has 1 aliphatic heterocycles. The van der Waals surface area contributed by atoms with Crippen molar-refractivity contribution in [2.45, 2.75) is 32.4 Å². The number of carbonyl (C=O) groups excluding carboxylic acids is 2. The van der Waals surface area contributed by atoms with Crippen LogP contribution in [0.25, 0.3) is 0 Å². The molecule has 3 amide bonds. The number of rotatable bonds is 4. The monoisotopic (exact) mass is 356 g/mol. The number of aromatic nitrogens is 3. The first kappa shape index (κ1) is 17.9. The van der Waals surface area contributed by atoms with Crippen molar-refractivity contribution in [2.75, 3.05) is 18.5 Å². The van der Waals surface area contributed by atoms with Gasteiger partial charge in [0.2, 0.25) is 0 Å². The number of anilines is 1. The average molecular weight is 356 g/mol. The highest BCUT2D eigenvalue weighted by Crippen LogP contribution is 2.21. The SMILES string of the molecule is Cc1cc(N2CCCC(NC(=O)N(C)Cc3cccnc3)C2=O)n(C)n1. The number of hydrogen-bond acceptors (Lipinski definition) is 4. The van der Waals surface area contributed by atoms with E-state index in [4.69, 9.17) is 0 Å². The summed E-state index contributed by atoms with van der Waals surface area (Å²) in [5, 5.41) is 7.16. The molecule has 1 aliphatic rings. The summed E-state index contributed by atoms with van der Waals surface area (Å²) in [7, 11) is 3.53. The Morgan fingerprint density at radius 2 is 2.27 bits per heavy atom. The predicted octanol–water partition coefficient (Wildman–Crippen LogP) is 1.46. The molecule has 1 N–H and O–H groups in total. The molecule has 8 heteroatoms. The molecule has 26 heavy (non-hydrogen) atoms. The number of amides is 3. The maximum atomic E-state index is 12.8. The number of carbonyl (C=O) groups is 2. The van der Waals surface area contributed by atoms with Gasteiger partial charge in [-0.15, -0.1) is 0 Å². The summed E-state index contributed by atoms with van der Waals surface area (Å²) in [4.78, 5) is 32.6. The smallest absolute Gasteiger partial charge is 0.318 e. The van der Waals surface area contributed by atoms with E-state index in [0.717, 1.165) is 23.5 Å². The lowest BCUT2D eigenvalue weighted by molar-refractivity contribution is -0.121. The van der Waals surface area contributed by atoms with E-state index in [1.54, 1.807) is 33.9 Å². The number of nitrogens with one attached hydrogen (secondary N) is 1. The molecular formula is C18H24N6O2. The molecule has 1 unspecified atom stereocenters. The Balaban J connectivity index is 1.64. The van der Waals surface area contributed by atoms with Gasteiger partial charge in [-0.05, 0) is 31.4 Å². The molecule has 2 aromatic heterocycles. The van der Waals surface area contributed by atoms with E-state index in [1.165, 1.54) is 0 Å². The third-order valence-corrected chi connectivity index (χ3v) is 4.48. The van der Waals surface area contributed by atoms with Gasteiger partial charge in [0.25, 0.3) is 5.91 Å². The summed E-state index contributed by atoms with van der Waals surface area (Å²) in [5.74, 6) is 0.664. The number of piperidine rings is 1. The number of urea groups is 1. The van der Waals surface area contributed by atoms with Gasteiger partial charge in [0.1, 0.15) is 11.9 Å². The fourth-order valence-corrected chi connectivity index (χ4v) is 3.18. The van der Waals surface area contributed by atoms with Gasteiger partial charge in [-0.3, -0.25) is 19.4 Å². The van der Waals surface area contributed by atoms with Crippen LogP contribution in [0.5, 0.6) is 0 Å². The van der Waals surface area contributed by atoms with Gasteiger partial charge in [-0.25, -0.2) is 4.79 Å². The minimum Gasteiger partial charge on any atom is -0.326 e. The summed E-state index contributed by atoms with van der Waals surface area (Å²) in [6, 6.07) is 4.84. The second kappa shape index (κ2) is 7.55. The third-order valence-electron chi connectivity index (χ3n) is 4.48. The molecule has 0 radical (unpaired) electrons. The van der Waals surface area contributed by atoms with E-state index in [1.807, 2.05) is 32.2 Å². The zero-order valence-electron chi connectivity index (χ0n) is 15.3. The van der Waals surface area contributed by atoms with E-state index in [0.29, 0.717) is 19.5 Å². The Labute approximate surface area is 152 Å². The van der Waals surface area contributed by atoms with Crippen LogP contribution in [0.1, 0.15) is 24.1 Å². The van der Waals surface area contributed by atoms with Crippen molar-refractivity contribution in [1.82, 2.24) is 25.0 Å². The first-order valence-corrected chi connectivity index (χ1v) is 8.68. The van der Waals surface area contributed by atoms with Gasteiger partial charge in [0, 0.05) is 45.6 Å². The summed E-state index contributed by atoms with van der Waals surface area (Å²) in [5.41, 5.74) is 1.80. The Morgan fingerprint density at radius 3 is 2.92 bits per heavy atom. The van der Waals surface area contributed by atoms with Crippen LogP contribution in [-0.2, 0) is 18.4 Å². The minimum atomic E-state index is -0.525. The minimum absolute atomic E-state index is 0.0950. The molecule has 8 nitrogen and oxygen atoms in total. The number of aryl methyl sites for hydroxylation is 2. The molecule has 0 spiro atoms. The average Bonchev–Trinajstić information content (AvgIpc) is 2.95. The maximum Gasteiger partial charge on any atom is 0.318 e. The van der Waals surface area contributed by atoms with Gasteiger partial charge in [-0.1, -0.05) is 6.07 Å². The number of hydrogen-bond donors (Lipinski definition) is 1. The molecule has 138 valence electrons. The zero-order valence-corrected chi connectivity index (χ0v) is 15.3. The molecule has 1 atom stereocenters. The van der Waals surface area contributed by atoms with Gasteiger partial charge in [-0.2, -0.15) is 5.10 Å². The lowest BCUT2D eigenvalue weighted by Crippen LogP contribution is -2.54. The van der Waals surface area contributed by atoms with E-state index >= 15 is 0 Å². The van der Waals surface area contributed by atoms with Crippen molar-refractivity contribution < 1.29 is 9.59 Å². The van der Waals surface area contributed by atoms with Crippen molar-refractivity contribution in [1.29, 1.82) is 0 Å². The first-order chi connectivity index (χ1) is 12.5. The molecule has 1 fully saturated rings. The summed E-state index contributed by atoms with van der Waals surface area (Å²) < 4.78 is 1.70. The quantitative estimate of drug-likeness (QED) is 0.899. The Kier molecular flexibility index (Phi) is 5.20. The van der Waals surface area contributed by atoms with Crippen LogP contribution in [-0.4, -0.2) is 51.2 Å². The van der Waals surface area contributed by atoms with Crippen LogP contribution in [0.4, 0.5) is 10.6 Å². The summed E-state index contributed by atoms with van der Waals surface area (Å²) in [6.07, 6.45) is 4.88. The second-order valence-corrected chi connectivity index (χ2v) is 6.62. The summed E-state index contributed by atoms with van der Waals surface area (Å²) >= 11 is 0. The van der Waals surface area contributed by atoms with E-state index in [9.17, 15) is 9.59 Å². The molecule has 1 saturated heterocycles. The van der Waals surface area contributed by atoms with E-state index < -0.39 is 6.04 Å². The largest absolute Gasteiger partial charge is 0.326 e. The van der Waals surface area contributed by atoms with Crippen LogP contribution in [0.3, 0.4) is 0 Å². The maximum absolute atomic E-state index is 12.8. The van der Waals surface area contributed by atoms with Crippen LogP contribution >= 0.6 is 0 Å².